The number of aliphatic hydroxyl groups excluding tert-OH is 1. The molecule has 3 N–H and O–H groups in total. The van der Waals surface area contributed by atoms with Gasteiger partial charge >= 0.3 is 0 Å². The number of nitrogens with two attached hydrogens (primary N) is 1. The molecule has 0 aliphatic heterocycles. The third-order valence-electron chi connectivity index (χ3n) is 3.24. The maximum Gasteiger partial charge on any atom is 0.138 e. The zero-order valence-electron chi connectivity index (χ0n) is 12.0. The van der Waals surface area contributed by atoms with Gasteiger partial charge < -0.3 is 15.6 Å². The predicted molar refractivity (Wildman–Crippen MR) is 85.7 cm³/mol. The van der Waals surface area contributed by atoms with Gasteiger partial charge in [-0.05, 0) is 48.7 Å². The van der Waals surface area contributed by atoms with Crippen LogP contribution in [0.3, 0.4) is 0 Å². The van der Waals surface area contributed by atoms with E-state index in [0.717, 1.165) is 16.9 Å². The van der Waals surface area contributed by atoms with Crippen LogP contribution in [0.25, 0.3) is 0 Å². The van der Waals surface area contributed by atoms with Crippen LogP contribution < -0.4 is 10.5 Å². The van der Waals surface area contributed by atoms with E-state index in [2.05, 4.69) is 0 Å². The normalized spacial score (nSPS) is 13.7. The van der Waals surface area contributed by atoms with Gasteiger partial charge in [-0.15, -0.1) is 0 Å². The van der Waals surface area contributed by atoms with Gasteiger partial charge in [-0.25, -0.2) is 0 Å². The molecule has 2 rings (SSSR count). The summed E-state index contributed by atoms with van der Waals surface area (Å²) in [7, 11) is 0. The Morgan fingerprint density at radius 3 is 2.48 bits per heavy atom. The van der Waals surface area contributed by atoms with Crippen LogP contribution in [0.4, 0.5) is 0 Å². The van der Waals surface area contributed by atoms with Crippen molar-refractivity contribution in [3.63, 3.8) is 0 Å². The molecule has 112 valence electrons. The van der Waals surface area contributed by atoms with E-state index in [0.29, 0.717) is 11.4 Å². The van der Waals surface area contributed by atoms with Crippen molar-refractivity contribution >= 4 is 11.6 Å². The molecule has 0 heterocycles. The molecule has 21 heavy (non-hydrogen) atoms. The van der Waals surface area contributed by atoms with E-state index >= 15 is 0 Å². The maximum absolute atomic E-state index is 8.92. The largest absolute Gasteiger partial charge is 0.484 e. The van der Waals surface area contributed by atoms with E-state index in [1.807, 2.05) is 55.5 Å². The summed E-state index contributed by atoms with van der Waals surface area (Å²) in [4.78, 5) is 0. The van der Waals surface area contributed by atoms with Crippen LogP contribution in [0, 0.1) is 0 Å². The van der Waals surface area contributed by atoms with Gasteiger partial charge in [0.2, 0.25) is 0 Å². The smallest absolute Gasteiger partial charge is 0.138 e. The van der Waals surface area contributed by atoms with Crippen molar-refractivity contribution in [3.05, 3.63) is 64.7 Å². The molecular weight excluding hydrogens is 286 g/mol. The fourth-order valence-corrected chi connectivity index (χ4v) is 2.37. The minimum absolute atomic E-state index is 0.144. The van der Waals surface area contributed by atoms with Crippen LogP contribution in [-0.2, 0) is 6.42 Å². The third kappa shape index (κ3) is 4.46. The van der Waals surface area contributed by atoms with Crippen LogP contribution in [0.2, 0.25) is 5.02 Å². The SMILES string of the molecule is CC(N)C(Oc1ccc(CCO)cc1)c1cccc(Cl)c1. The molecule has 0 saturated carbocycles. The summed E-state index contributed by atoms with van der Waals surface area (Å²) in [5, 5.41) is 9.59. The molecule has 2 aromatic carbocycles. The van der Waals surface area contributed by atoms with Crippen molar-refractivity contribution in [2.45, 2.75) is 25.5 Å². The van der Waals surface area contributed by atoms with Crippen molar-refractivity contribution < 1.29 is 9.84 Å². The van der Waals surface area contributed by atoms with Gasteiger partial charge in [0.1, 0.15) is 11.9 Å². The average molecular weight is 306 g/mol. The molecule has 0 fully saturated rings. The number of ether oxygens (including phenoxy) is 1. The first-order valence-corrected chi connectivity index (χ1v) is 7.35. The molecule has 0 aliphatic carbocycles. The van der Waals surface area contributed by atoms with Gasteiger partial charge in [0.15, 0.2) is 0 Å². The Morgan fingerprint density at radius 2 is 1.90 bits per heavy atom. The summed E-state index contributed by atoms with van der Waals surface area (Å²) in [6, 6.07) is 15.1. The highest BCUT2D eigenvalue weighted by Crippen LogP contribution is 2.26. The van der Waals surface area contributed by atoms with Crippen molar-refractivity contribution in [2.75, 3.05) is 6.61 Å². The molecule has 0 saturated heterocycles. The minimum atomic E-state index is -0.257. The van der Waals surface area contributed by atoms with Crippen LogP contribution in [0.1, 0.15) is 24.2 Å². The van der Waals surface area contributed by atoms with Gasteiger partial charge in [0.25, 0.3) is 0 Å². The standard InChI is InChI=1S/C17H20ClNO2/c1-12(19)17(14-3-2-4-15(18)11-14)21-16-7-5-13(6-8-16)9-10-20/h2-8,11-12,17,20H,9-10,19H2,1H3. The monoisotopic (exact) mass is 305 g/mol. The number of benzene rings is 2. The molecule has 0 radical (unpaired) electrons. The predicted octanol–water partition coefficient (Wildman–Crippen LogP) is 3.34. The first-order chi connectivity index (χ1) is 10.1. The van der Waals surface area contributed by atoms with Crippen molar-refractivity contribution in [2.24, 2.45) is 5.73 Å². The van der Waals surface area contributed by atoms with Crippen LogP contribution in [0.15, 0.2) is 48.5 Å². The second-order valence-corrected chi connectivity index (χ2v) is 5.51. The van der Waals surface area contributed by atoms with Crippen LogP contribution in [-0.4, -0.2) is 17.8 Å². The highest BCUT2D eigenvalue weighted by Gasteiger charge is 2.18. The van der Waals surface area contributed by atoms with E-state index in [-0.39, 0.29) is 18.8 Å². The quantitative estimate of drug-likeness (QED) is 0.860. The van der Waals surface area contributed by atoms with Gasteiger partial charge in [-0.3, -0.25) is 0 Å². The van der Waals surface area contributed by atoms with Gasteiger partial charge in [-0.2, -0.15) is 0 Å². The Balaban J connectivity index is 2.16. The molecule has 4 heteroatoms. The van der Waals surface area contributed by atoms with E-state index in [1.54, 1.807) is 0 Å². The van der Waals surface area contributed by atoms with Crippen molar-refractivity contribution in [3.8, 4) is 5.75 Å². The Labute approximate surface area is 130 Å². The lowest BCUT2D eigenvalue weighted by Gasteiger charge is -2.23. The summed E-state index contributed by atoms with van der Waals surface area (Å²) in [5.41, 5.74) is 8.07. The molecule has 0 amide bonds. The number of aliphatic hydroxyl groups is 1. The van der Waals surface area contributed by atoms with E-state index < -0.39 is 0 Å². The molecular formula is C17H20ClNO2. The lowest BCUT2D eigenvalue weighted by Crippen LogP contribution is -2.29. The summed E-state index contributed by atoms with van der Waals surface area (Å²) >= 11 is 6.03. The Hall–Kier alpha value is -1.55. The molecule has 2 atom stereocenters. The van der Waals surface area contributed by atoms with Gasteiger partial charge in [-0.1, -0.05) is 35.9 Å². The molecule has 0 aromatic heterocycles. The highest BCUT2D eigenvalue weighted by atomic mass is 35.5. The van der Waals surface area contributed by atoms with Crippen LogP contribution >= 0.6 is 11.6 Å². The number of halogens is 1. The van der Waals surface area contributed by atoms with E-state index in [1.165, 1.54) is 0 Å². The summed E-state index contributed by atoms with van der Waals surface area (Å²) < 4.78 is 6.00. The van der Waals surface area contributed by atoms with Gasteiger partial charge in [0.05, 0.1) is 0 Å². The molecule has 3 nitrogen and oxygen atoms in total. The Morgan fingerprint density at radius 1 is 1.19 bits per heavy atom. The summed E-state index contributed by atoms with van der Waals surface area (Å²) in [5.74, 6) is 0.749. The van der Waals surface area contributed by atoms with Crippen molar-refractivity contribution in [1.82, 2.24) is 0 Å². The fraction of sp³-hybridized carbons (Fsp3) is 0.294. The molecule has 0 bridgehead atoms. The minimum Gasteiger partial charge on any atom is -0.484 e. The average Bonchev–Trinajstić information content (AvgIpc) is 2.46. The zero-order valence-corrected chi connectivity index (χ0v) is 12.8. The van der Waals surface area contributed by atoms with Crippen molar-refractivity contribution in [1.29, 1.82) is 0 Å². The van der Waals surface area contributed by atoms with Gasteiger partial charge in [0, 0.05) is 17.7 Å². The Bertz CT molecular complexity index is 569. The number of hydrogen-bond acceptors (Lipinski definition) is 3. The second-order valence-electron chi connectivity index (χ2n) is 5.07. The molecule has 2 unspecified atom stereocenters. The lowest BCUT2D eigenvalue weighted by molar-refractivity contribution is 0.180. The highest BCUT2D eigenvalue weighted by molar-refractivity contribution is 6.30. The lowest BCUT2D eigenvalue weighted by atomic mass is 10.0. The second kappa shape index (κ2) is 7.46. The van der Waals surface area contributed by atoms with E-state index in [4.69, 9.17) is 27.2 Å². The summed E-state index contributed by atoms with van der Waals surface area (Å²) in [6.45, 7) is 2.05. The summed E-state index contributed by atoms with van der Waals surface area (Å²) in [6.07, 6.45) is 0.387. The van der Waals surface area contributed by atoms with E-state index in [9.17, 15) is 0 Å². The zero-order chi connectivity index (χ0) is 15.2. The topological polar surface area (TPSA) is 55.5 Å². The van der Waals surface area contributed by atoms with Crippen LogP contribution in [0.5, 0.6) is 5.75 Å². The Kier molecular flexibility index (Phi) is 5.62. The number of hydrogen-bond donors (Lipinski definition) is 2. The molecule has 2 aromatic rings. The molecule has 0 aliphatic rings. The first kappa shape index (κ1) is 15.8. The molecule has 0 spiro atoms. The third-order valence-corrected chi connectivity index (χ3v) is 3.48. The maximum atomic E-state index is 8.92. The fourth-order valence-electron chi connectivity index (χ4n) is 2.17. The first-order valence-electron chi connectivity index (χ1n) is 6.97. The number of rotatable bonds is 6.